The van der Waals surface area contributed by atoms with E-state index in [0.29, 0.717) is 16.4 Å². The zero-order chi connectivity index (χ0) is 21.2. The van der Waals surface area contributed by atoms with Crippen molar-refractivity contribution in [3.05, 3.63) is 85.1 Å². The predicted octanol–water partition coefficient (Wildman–Crippen LogP) is 4.84. The topological polar surface area (TPSA) is 72.7 Å². The summed E-state index contributed by atoms with van der Waals surface area (Å²) in [5.41, 5.74) is 2.07. The first kappa shape index (κ1) is 19.2. The number of rotatable bonds is 5. The van der Waals surface area contributed by atoms with Gasteiger partial charge in [-0.3, -0.25) is 4.79 Å². The number of nitrogens with zero attached hydrogens (tertiary/aromatic N) is 4. The number of benzene rings is 3. The van der Waals surface area contributed by atoms with Gasteiger partial charge in [0.15, 0.2) is 5.65 Å². The maximum Gasteiger partial charge on any atom is 0.234 e. The van der Waals surface area contributed by atoms with Crippen molar-refractivity contribution in [3.8, 4) is 5.69 Å². The van der Waals surface area contributed by atoms with E-state index in [9.17, 15) is 9.18 Å². The molecule has 0 saturated heterocycles. The number of halogens is 1. The van der Waals surface area contributed by atoms with Gasteiger partial charge in [-0.1, -0.05) is 48.2 Å². The zero-order valence-electron chi connectivity index (χ0n) is 16.2. The molecular weight excluding hydrogens is 413 g/mol. The summed E-state index contributed by atoms with van der Waals surface area (Å²) in [4.78, 5) is 21.2. The van der Waals surface area contributed by atoms with Crippen LogP contribution in [0.4, 0.5) is 10.1 Å². The highest BCUT2D eigenvalue weighted by Gasteiger charge is 2.14. The highest BCUT2D eigenvalue weighted by molar-refractivity contribution is 8.00. The van der Waals surface area contributed by atoms with Gasteiger partial charge in [-0.15, -0.1) is 0 Å². The molecule has 6 nitrogen and oxygen atoms in total. The molecule has 0 spiro atoms. The van der Waals surface area contributed by atoms with Crippen LogP contribution in [0.1, 0.15) is 0 Å². The molecule has 5 aromatic rings. The standard InChI is InChI=1S/C23H16FN5OS/c24-16-8-10-17(11-9-16)29-22-19(12-27-29)23(26-14-25-22)31-13-21(30)28-20-7-3-5-15-4-1-2-6-18(15)20/h1-12,14H,13H2,(H,28,30). The monoisotopic (exact) mass is 429 g/mol. The molecule has 0 radical (unpaired) electrons. The average Bonchev–Trinajstić information content (AvgIpc) is 3.23. The highest BCUT2D eigenvalue weighted by Crippen LogP contribution is 2.27. The first-order chi connectivity index (χ1) is 15.2. The lowest BCUT2D eigenvalue weighted by molar-refractivity contribution is -0.113. The molecule has 5 rings (SSSR count). The van der Waals surface area contributed by atoms with Gasteiger partial charge in [-0.25, -0.2) is 19.0 Å². The molecule has 0 fully saturated rings. The molecule has 1 amide bonds. The van der Waals surface area contributed by atoms with Crippen LogP contribution in [-0.2, 0) is 4.79 Å². The zero-order valence-corrected chi connectivity index (χ0v) is 17.0. The van der Waals surface area contributed by atoms with Crippen molar-refractivity contribution in [1.82, 2.24) is 19.7 Å². The van der Waals surface area contributed by atoms with Gasteiger partial charge in [0.25, 0.3) is 0 Å². The van der Waals surface area contributed by atoms with Crippen molar-refractivity contribution in [2.24, 2.45) is 0 Å². The molecule has 3 aromatic carbocycles. The number of carbonyl (C=O) groups excluding carboxylic acids is 1. The molecule has 0 aliphatic rings. The Morgan fingerprint density at radius 2 is 1.77 bits per heavy atom. The number of nitrogens with one attached hydrogen (secondary N) is 1. The molecule has 152 valence electrons. The van der Waals surface area contributed by atoms with Crippen molar-refractivity contribution in [2.75, 3.05) is 11.1 Å². The molecule has 8 heteroatoms. The van der Waals surface area contributed by atoms with E-state index in [1.54, 1.807) is 23.0 Å². The van der Waals surface area contributed by atoms with Gasteiger partial charge < -0.3 is 5.32 Å². The van der Waals surface area contributed by atoms with Crippen molar-refractivity contribution in [3.63, 3.8) is 0 Å². The third-order valence-electron chi connectivity index (χ3n) is 4.80. The van der Waals surface area contributed by atoms with Crippen LogP contribution < -0.4 is 5.32 Å². The Bertz CT molecular complexity index is 1400. The normalized spacial score (nSPS) is 11.1. The average molecular weight is 429 g/mol. The van der Waals surface area contributed by atoms with Gasteiger partial charge in [0.2, 0.25) is 5.91 Å². The number of fused-ring (bicyclic) bond motifs is 2. The van der Waals surface area contributed by atoms with Gasteiger partial charge >= 0.3 is 0 Å². The smallest absolute Gasteiger partial charge is 0.234 e. The maximum absolute atomic E-state index is 13.2. The first-order valence-corrected chi connectivity index (χ1v) is 10.5. The largest absolute Gasteiger partial charge is 0.325 e. The lowest BCUT2D eigenvalue weighted by atomic mass is 10.1. The van der Waals surface area contributed by atoms with Crippen molar-refractivity contribution >= 4 is 45.2 Å². The minimum Gasteiger partial charge on any atom is -0.325 e. The van der Waals surface area contributed by atoms with Crippen molar-refractivity contribution in [2.45, 2.75) is 5.03 Å². The van der Waals surface area contributed by atoms with Crippen LogP contribution in [0.3, 0.4) is 0 Å². The van der Waals surface area contributed by atoms with Crippen LogP contribution in [0.2, 0.25) is 0 Å². The van der Waals surface area contributed by atoms with Crippen molar-refractivity contribution < 1.29 is 9.18 Å². The Balaban J connectivity index is 1.35. The van der Waals surface area contributed by atoms with Crippen LogP contribution in [0.5, 0.6) is 0 Å². The van der Waals surface area contributed by atoms with Crippen LogP contribution >= 0.6 is 11.8 Å². The molecule has 0 saturated carbocycles. The van der Waals surface area contributed by atoms with Crippen LogP contribution in [-0.4, -0.2) is 31.4 Å². The molecule has 0 aliphatic heterocycles. The minimum absolute atomic E-state index is 0.126. The number of anilines is 1. The molecule has 0 aliphatic carbocycles. The number of hydrogen-bond acceptors (Lipinski definition) is 5. The van der Waals surface area contributed by atoms with E-state index in [0.717, 1.165) is 21.8 Å². The fourth-order valence-electron chi connectivity index (χ4n) is 3.36. The SMILES string of the molecule is O=C(CSc1ncnc2c1cnn2-c1ccc(F)cc1)Nc1cccc2ccccc12. The molecule has 2 heterocycles. The van der Waals surface area contributed by atoms with Gasteiger partial charge in [0.05, 0.1) is 23.0 Å². The van der Waals surface area contributed by atoms with E-state index in [1.807, 2.05) is 42.5 Å². The van der Waals surface area contributed by atoms with Crippen LogP contribution in [0, 0.1) is 5.82 Å². The third kappa shape index (κ3) is 3.85. The molecule has 2 aromatic heterocycles. The Kier molecular flexibility index (Phi) is 5.05. The van der Waals surface area contributed by atoms with Gasteiger partial charge in [0.1, 0.15) is 17.2 Å². The predicted molar refractivity (Wildman–Crippen MR) is 120 cm³/mol. The minimum atomic E-state index is -0.316. The Hall–Kier alpha value is -3.78. The number of hydrogen-bond donors (Lipinski definition) is 1. The molecule has 0 bridgehead atoms. The number of amides is 1. The Labute approximate surface area is 181 Å². The lowest BCUT2D eigenvalue weighted by Crippen LogP contribution is -2.14. The fourth-order valence-corrected chi connectivity index (χ4v) is 4.12. The number of aromatic nitrogens is 4. The Morgan fingerprint density at radius 1 is 0.968 bits per heavy atom. The second-order valence-electron chi connectivity index (χ2n) is 6.81. The molecule has 0 unspecified atom stereocenters. The summed E-state index contributed by atoms with van der Waals surface area (Å²) in [5, 5.41) is 10.8. The first-order valence-electron chi connectivity index (χ1n) is 9.54. The van der Waals surface area contributed by atoms with Crippen molar-refractivity contribution in [1.29, 1.82) is 0 Å². The third-order valence-corrected chi connectivity index (χ3v) is 5.81. The number of thioether (sulfide) groups is 1. The summed E-state index contributed by atoms with van der Waals surface area (Å²) in [6.07, 6.45) is 3.10. The van der Waals surface area contributed by atoms with E-state index in [1.165, 1.54) is 30.2 Å². The van der Waals surface area contributed by atoms with Gasteiger partial charge in [-0.2, -0.15) is 5.10 Å². The second-order valence-corrected chi connectivity index (χ2v) is 7.78. The molecular formula is C23H16FN5OS. The highest BCUT2D eigenvalue weighted by atomic mass is 32.2. The Morgan fingerprint density at radius 3 is 2.65 bits per heavy atom. The van der Waals surface area contributed by atoms with Gasteiger partial charge in [0, 0.05) is 11.1 Å². The molecule has 31 heavy (non-hydrogen) atoms. The summed E-state index contributed by atoms with van der Waals surface area (Å²) in [6.45, 7) is 0. The van der Waals surface area contributed by atoms with E-state index in [-0.39, 0.29) is 17.5 Å². The molecule has 1 N–H and O–H groups in total. The maximum atomic E-state index is 13.2. The number of carbonyl (C=O) groups is 1. The van der Waals surface area contributed by atoms with Crippen LogP contribution in [0.15, 0.2) is 84.3 Å². The van der Waals surface area contributed by atoms with E-state index >= 15 is 0 Å². The quantitative estimate of drug-likeness (QED) is 0.320. The summed E-state index contributed by atoms with van der Waals surface area (Å²) < 4.78 is 14.9. The summed E-state index contributed by atoms with van der Waals surface area (Å²) in [6, 6.07) is 19.7. The summed E-state index contributed by atoms with van der Waals surface area (Å²) in [5.74, 6) is -0.251. The fraction of sp³-hybridized carbons (Fsp3) is 0.0435. The summed E-state index contributed by atoms with van der Waals surface area (Å²) >= 11 is 1.32. The van der Waals surface area contributed by atoms with E-state index in [2.05, 4.69) is 20.4 Å². The summed E-state index contributed by atoms with van der Waals surface area (Å²) in [7, 11) is 0. The van der Waals surface area contributed by atoms with Crippen LogP contribution in [0.25, 0.3) is 27.5 Å². The molecule has 0 atom stereocenters. The van der Waals surface area contributed by atoms with E-state index < -0.39 is 0 Å². The van der Waals surface area contributed by atoms with Gasteiger partial charge in [-0.05, 0) is 35.7 Å². The van der Waals surface area contributed by atoms with E-state index in [4.69, 9.17) is 0 Å². The lowest BCUT2D eigenvalue weighted by Gasteiger charge is -2.09. The second kappa shape index (κ2) is 8.16.